The quantitative estimate of drug-likeness (QED) is 0.518. The van der Waals surface area contributed by atoms with Crippen LogP contribution in [0.25, 0.3) is 0 Å². The molecule has 1 aromatic carbocycles. The first-order valence-electron chi connectivity index (χ1n) is 2.86. The molecule has 0 unspecified atom stereocenters. The van der Waals surface area contributed by atoms with Crippen molar-refractivity contribution < 1.29 is 0 Å². The molecule has 0 aliphatic heterocycles. The first kappa shape index (κ1) is 10.1. The van der Waals surface area contributed by atoms with Crippen LogP contribution >= 0.6 is 60.4 Å². The lowest BCUT2D eigenvalue weighted by Crippen LogP contribution is -1.95. The summed E-state index contributed by atoms with van der Waals surface area (Å²) in [5.74, 6) is 0. The molecule has 0 spiro atoms. The molecule has 0 atom stereocenters. The van der Waals surface area contributed by atoms with Gasteiger partial charge in [0.2, 0.25) is 0 Å². The Balaban J connectivity index is 2.99. The summed E-state index contributed by atoms with van der Waals surface area (Å²) in [7, 11) is 0. The third-order valence-corrected chi connectivity index (χ3v) is 2.87. The minimum atomic E-state index is -0.311. The highest BCUT2D eigenvalue weighted by Gasteiger charge is 2.19. The molecule has 0 bridgehead atoms. The first-order valence-corrected chi connectivity index (χ1v) is 5.69. The van der Waals surface area contributed by atoms with Crippen LogP contribution in [0.4, 0.5) is 0 Å². The average Bonchev–Trinajstić information content (AvgIpc) is 1.86. The monoisotopic (exact) mass is 358 g/mol. The number of alkyl halides is 3. The van der Waals surface area contributed by atoms with E-state index in [0.717, 1.165) is 10.5 Å². The Morgan fingerprint density at radius 3 is 1.82 bits per heavy atom. The zero-order valence-corrected chi connectivity index (χ0v) is 11.0. The highest BCUT2D eigenvalue weighted by atomic mass is 80.0. The van der Waals surface area contributed by atoms with E-state index in [4.69, 9.17) is 0 Å². The lowest BCUT2D eigenvalue weighted by atomic mass is 10.2. The zero-order chi connectivity index (χ0) is 8.48. The third-order valence-electron chi connectivity index (χ3n) is 1.19. The molecule has 0 saturated heterocycles. The van der Waals surface area contributed by atoms with Gasteiger partial charge < -0.3 is 0 Å². The SMILES string of the molecule is Sc1ccc(C(Br)(Br)Br)cc1. The number of halogens is 3. The van der Waals surface area contributed by atoms with Crippen LogP contribution in [0.1, 0.15) is 5.56 Å². The lowest BCUT2D eigenvalue weighted by molar-refractivity contribution is 1.32. The fourth-order valence-electron chi connectivity index (χ4n) is 0.650. The van der Waals surface area contributed by atoms with Crippen molar-refractivity contribution in [3.8, 4) is 0 Å². The maximum atomic E-state index is 4.18. The van der Waals surface area contributed by atoms with Crippen LogP contribution in [0.5, 0.6) is 0 Å². The Morgan fingerprint density at radius 1 is 1.00 bits per heavy atom. The molecule has 0 aliphatic carbocycles. The van der Waals surface area contributed by atoms with E-state index in [1.54, 1.807) is 0 Å². The number of thiol groups is 1. The minimum absolute atomic E-state index is 0.311. The molecule has 0 aliphatic rings. The van der Waals surface area contributed by atoms with Gasteiger partial charge in [0.15, 0.2) is 2.14 Å². The summed E-state index contributed by atoms with van der Waals surface area (Å²) in [6.07, 6.45) is 0. The molecule has 0 amide bonds. The normalized spacial score (nSPS) is 11.6. The Bertz CT molecular complexity index is 237. The molecule has 0 heterocycles. The number of hydrogen-bond donors (Lipinski definition) is 1. The first-order chi connectivity index (χ1) is 5.00. The van der Waals surface area contributed by atoms with Crippen molar-refractivity contribution in [1.82, 2.24) is 0 Å². The van der Waals surface area contributed by atoms with Gasteiger partial charge >= 0.3 is 0 Å². The van der Waals surface area contributed by atoms with E-state index in [0.29, 0.717) is 0 Å². The molecular formula is C7H5Br3S. The fourth-order valence-corrected chi connectivity index (χ4v) is 1.59. The third kappa shape index (κ3) is 3.09. The smallest absolute Gasteiger partial charge is 0.143 e. The lowest BCUT2D eigenvalue weighted by Gasteiger charge is -2.11. The maximum Gasteiger partial charge on any atom is 0.159 e. The predicted molar refractivity (Wildman–Crippen MR) is 62.2 cm³/mol. The van der Waals surface area contributed by atoms with Gasteiger partial charge in [0.1, 0.15) is 0 Å². The van der Waals surface area contributed by atoms with E-state index in [2.05, 4.69) is 60.4 Å². The molecule has 11 heavy (non-hydrogen) atoms. The Kier molecular flexibility index (Phi) is 3.50. The highest BCUT2D eigenvalue weighted by Crippen LogP contribution is 2.44. The molecule has 0 saturated carbocycles. The number of rotatable bonds is 0. The van der Waals surface area contributed by atoms with Crippen molar-refractivity contribution in [2.75, 3.05) is 0 Å². The van der Waals surface area contributed by atoms with Crippen LogP contribution in [0.3, 0.4) is 0 Å². The molecule has 0 nitrogen and oxygen atoms in total. The minimum Gasteiger partial charge on any atom is -0.143 e. The fraction of sp³-hybridized carbons (Fsp3) is 0.143. The van der Waals surface area contributed by atoms with Gasteiger partial charge in [-0.25, -0.2) is 0 Å². The van der Waals surface area contributed by atoms with E-state index in [-0.39, 0.29) is 2.14 Å². The molecule has 0 fully saturated rings. The Morgan fingerprint density at radius 2 is 1.45 bits per heavy atom. The standard InChI is InChI=1S/C7H5Br3S/c8-7(9,10)5-1-3-6(11)4-2-5/h1-4,11H. The van der Waals surface area contributed by atoms with Gasteiger partial charge in [-0.1, -0.05) is 59.9 Å². The van der Waals surface area contributed by atoms with Crippen LogP contribution in [-0.2, 0) is 2.14 Å². The van der Waals surface area contributed by atoms with Crippen molar-refractivity contribution in [3.05, 3.63) is 29.8 Å². The number of hydrogen-bond acceptors (Lipinski definition) is 1. The highest BCUT2D eigenvalue weighted by molar-refractivity contribution is 9.38. The van der Waals surface area contributed by atoms with E-state index >= 15 is 0 Å². The summed E-state index contributed by atoms with van der Waals surface area (Å²) in [4.78, 5) is 0.963. The second-order valence-electron chi connectivity index (χ2n) is 2.04. The van der Waals surface area contributed by atoms with Gasteiger partial charge in [-0.15, -0.1) is 12.6 Å². The van der Waals surface area contributed by atoms with Gasteiger partial charge in [0.25, 0.3) is 0 Å². The van der Waals surface area contributed by atoms with Crippen LogP contribution in [0, 0.1) is 0 Å². The van der Waals surface area contributed by atoms with Crippen LogP contribution in [0.2, 0.25) is 0 Å². The topological polar surface area (TPSA) is 0 Å². The Hall–Kier alpha value is 1.01. The maximum absolute atomic E-state index is 4.18. The second-order valence-corrected chi connectivity index (χ2v) is 9.32. The number of benzene rings is 1. The van der Waals surface area contributed by atoms with Gasteiger partial charge in [0.05, 0.1) is 0 Å². The van der Waals surface area contributed by atoms with Gasteiger partial charge in [0, 0.05) is 4.90 Å². The summed E-state index contributed by atoms with van der Waals surface area (Å²) in [6.45, 7) is 0. The average molecular weight is 361 g/mol. The molecule has 1 aromatic rings. The molecule has 0 aromatic heterocycles. The van der Waals surface area contributed by atoms with Crippen LogP contribution in [-0.4, -0.2) is 0 Å². The largest absolute Gasteiger partial charge is 0.159 e. The van der Waals surface area contributed by atoms with E-state index < -0.39 is 0 Å². The summed E-state index contributed by atoms with van der Waals surface area (Å²) in [6, 6.07) is 7.86. The predicted octanol–water partition coefficient (Wildman–Crippen LogP) is 4.27. The molecule has 1 rings (SSSR count). The van der Waals surface area contributed by atoms with Crippen LogP contribution < -0.4 is 0 Å². The van der Waals surface area contributed by atoms with E-state index in [9.17, 15) is 0 Å². The van der Waals surface area contributed by atoms with Gasteiger partial charge in [-0.3, -0.25) is 0 Å². The molecular weight excluding hydrogens is 356 g/mol. The zero-order valence-electron chi connectivity index (χ0n) is 5.39. The molecule has 60 valence electrons. The van der Waals surface area contributed by atoms with Gasteiger partial charge in [-0.05, 0) is 17.7 Å². The van der Waals surface area contributed by atoms with E-state index in [1.165, 1.54) is 0 Å². The van der Waals surface area contributed by atoms with E-state index in [1.807, 2.05) is 24.3 Å². The molecule has 0 N–H and O–H groups in total. The van der Waals surface area contributed by atoms with Gasteiger partial charge in [-0.2, -0.15) is 0 Å². The summed E-state index contributed by atoms with van der Waals surface area (Å²) in [5.41, 5.74) is 1.11. The van der Waals surface area contributed by atoms with Crippen molar-refractivity contribution in [2.24, 2.45) is 0 Å². The van der Waals surface area contributed by atoms with Crippen molar-refractivity contribution in [2.45, 2.75) is 7.04 Å². The molecule has 4 heteroatoms. The summed E-state index contributed by atoms with van der Waals surface area (Å²) < 4.78 is -0.311. The summed E-state index contributed by atoms with van der Waals surface area (Å²) in [5, 5.41) is 0. The van der Waals surface area contributed by atoms with Crippen LogP contribution in [0.15, 0.2) is 29.2 Å². The second kappa shape index (κ2) is 3.81. The van der Waals surface area contributed by atoms with Crippen molar-refractivity contribution in [3.63, 3.8) is 0 Å². The van der Waals surface area contributed by atoms with Crippen molar-refractivity contribution in [1.29, 1.82) is 0 Å². The molecule has 0 radical (unpaired) electrons. The Labute approximate surface area is 96.6 Å². The summed E-state index contributed by atoms with van der Waals surface area (Å²) >= 11 is 14.4. The van der Waals surface area contributed by atoms with Crippen molar-refractivity contribution >= 4 is 60.4 Å².